The number of hydrogen-bond acceptors (Lipinski definition) is 8. The largest absolute Gasteiger partial charge is 0.491 e. The van der Waals surface area contributed by atoms with Crippen LogP contribution in [0.2, 0.25) is 0 Å². The van der Waals surface area contributed by atoms with Crippen LogP contribution in [0.5, 0.6) is 11.5 Å². The topological polar surface area (TPSA) is 112 Å². The van der Waals surface area contributed by atoms with Crippen molar-refractivity contribution in [2.24, 2.45) is 0 Å². The summed E-state index contributed by atoms with van der Waals surface area (Å²) in [6.07, 6.45) is -1.96. The van der Waals surface area contributed by atoms with Gasteiger partial charge < -0.3 is 29.2 Å². The van der Waals surface area contributed by atoms with Gasteiger partial charge in [-0.15, -0.1) is 23.2 Å². The highest BCUT2D eigenvalue weighted by atomic mass is 35.5. The first-order valence-electron chi connectivity index (χ1n) is 7.59. The fourth-order valence-electron chi connectivity index (χ4n) is 1.57. The van der Waals surface area contributed by atoms with Gasteiger partial charge in [-0.25, -0.2) is 0 Å². The first-order valence-corrected chi connectivity index (χ1v) is 8.66. The molecule has 0 spiro atoms. The van der Waals surface area contributed by atoms with Gasteiger partial charge in [0.05, 0.1) is 0 Å². The monoisotopic (exact) mass is 410 g/mol. The molecule has 0 aromatic heterocycles. The molecule has 2 N–H and O–H groups in total. The summed E-state index contributed by atoms with van der Waals surface area (Å²) >= 11 is 10.5. The lowest BCUT2D eigenvalue weighted by atomic mass is 10.3. The van der Waals surface area contributed by atoms with Crippen LogP contribution in [0.1, 0.15) is 0 Å². The van der Waals surface area contributed by atoms with Crippen molar-refractivity contribution < 1.29 is 38.7 Å². The van der Waals surface area contributed by atoms with Crippen LogP contribution < -0.4 is 9.47 Å². The minimum Gasteiger partial charge on any atom is -0.491 e. The predicted molar refractivity (Wildman–Crippen MR) is 92.8 cm³/mol. The van der Waals surface area contributed by atoms with E-state index in [1.54, 1.807) is 24.3 Å². The van der Waals surface area contributed by atoms with Gasteiger partial charge in [0.25, 0.3) is 0 Å². The van der Waals surface area contributed by atoms with E-state index in [0.29, 0.717) is 11.5 Å². The SMILES string of the molecule is O=C(CCl)OC[C@@H](O)COc1ccc(OC[C@H](O)COC(=O)CCl)cc1. The molecule has 10 heteroatoms. The van der Waals surface area contributed by atoms with Crippen LogP contribution in [0.15, 0.2) is 24.3 Å². The van der Waals surface area contributed by atoms with Crippen molar-refractivity contribution in [1.82, 2.24) is 0 Å². The number of aliphatic hydroxyl groups is 2. The van der Waals surface area contributed by atoms with Crippen LogP contribution in [0.4, 0.5) is 0 Å². The summed E-state index contributed by atoms with van der Waals surface area (Å²) in [4.78, 5) is 21.7. The molecule has 8 nitrogen and oxygen atoms in total. The zero-order chi connectivity index (χ0) is 19.4. The van der Waals surface area contributed by atoms with Crippen molar-refractivity contribution in [2.75, 3.05) is 38.2 Å². The maximum atomic E-state index is 10.9. The summed E-state index contributed by atoms with van der Waals surface area (Å²) in [5.74, 6) is -0.857. The van der Waals surface area contributed by atoms with Gasteiger partial charge in [-0.1, -0.05) is 0 Å². The molecule has 0 radical (unpaired) electrons. The van der Waals surface area contributed by atoms with Gasteiger partial charge in [-0.2, -0.15) is 0 Å². The van der Waals surface area contributed by atoms with Gasteiger partial charge in [-0.3, -0.25) is 9.59 Å². The van der Waals surface area contributed by atoms with Gasteiger partial charge in [0.15, 0.2) is 0 Å². The summed E-state index contributed by atoms with van der Waals surface area (Å²) in [6, 6.07) is 6.42. The molecule has 1 aromatic carbocycles. The van der Waals surface area contributed by atoms with E-state index in [1.165, 1.54) is 0 Å². The molecule has 0 heterocycles. The molecular weight excluding hydrogens is 391 g/mol. The van der Waals surface area contributed by atoms with Crippen LogP contribution in [0, 0.1) is 0 Å². The number of rotatable bonds is 12. The van der Waals surface area contributed by atoms with E-state index >= 15 is 0 Å². The Balaban J connectivity index is 2.28. The van der Waals surface area contributed by atoms with Crippen molar-refractivity contribution in [3.8, 4) is 11.5 Å². The Kier molecular flexibility index (Phi) is 10.8. The third-order valence-electron chi connectivity index (χ3n) is 2.80. The highest BCUT2D eigenvalue weighted by Crippen LogP contribution is 2.18. The Hall–Kier alpha value is -1.74. The van der Waals surface area contributed by atoms with E-state index in [4.69, 9.17) is 32.7 Å². The Morgan fingerprint density at radius 2 is 1.12 bits per heavy atom. The Morgan fingerprint density at radius 1 is 0.769 bits per heavy atom. The molecule has 0 bridgehead atoms. The van der Waals surface area contributed by atoms with Gasteiger partial charge in [0.2, 0.25) is 0 Å². The molecule has 0 amide bonds. The highest BCUT2D eigenvalue weighted by molar-refractivity contribution is 6.26. The molecule has 0 saturated carbocycles. The second-order valence-electron chi connectivity index (χ2n) is 5.03. The first-order chi connectivity index (χ1) is 12.4. The third-order valence-corrected chi connectivity index (χ3v) is 3.24. The van der Waals surface area contributed by atoms with Crippen molar-refractivity contribution in [1.29, 1.82) is 0 Å². The average Bonchev–Trinajstić information content (AvgIpc) is 2.67. The van der Waals surface area contributed by atoms with Crippen molar-refractivity contribution in [3.05, 3.63) is 24.3 Å². The quantitative estimate of drug-likeness (QED) is 0.383. The Labute approximate surface area is 160 Å². The molecule has 2 atom stereocenters. The normalized spacial score (nSPS) is 12.8. The minimum atomic E-state index is -0.982. The zero-order valence-corrected chi connectivity index (χ0v) is 15.3. The molecule has 26 heavy (non-hydrogen) atoms. The molecule has 0 fully saturated rings. The maximum absolute atomic E-state index is 10.9. The van der Waals surface area contributed by atoms with E-state index < -0.39 is 24.1 Å². The van der Waals surface area contributed by atoms with Crippen molar-refractivity contribution >= 4 is 35.1 Å². The molecule has 1 rings (SSSR count). The van der Waals surface area contributed by atoms with Gasteiger partial charge >= 0.3 is 11.9 Å². The summed E-state index contributed by atoms with van der Waals surface area (Å²) in [5, 5.41) is 19.2. The standard InChI is InChI=1S/C16H20Cl2O8/c17-5-15(21)25-9-11(19)7-23-13-1-2-14(4-3-13)24-8-12(20)10-26-16(22)6-18/h1-4,11-12,19-20H,5-10H2/t11-,12-/m0/s1. The molecule has 0 unspecified atom stereocenters. The fraction of sp³-hybridized carbons (Fsp3) is 0.500. The predicted octanol–water partition coefficient (Wildman–Crippen LogP) is 0.730. The number of hydrogen-bond donors (Lipinski definition) is 2. The van der Waals surface area contributed by atoms with E-state index in [-0.39, 0.29) is 38.2 Å². The maximum Gasteiger partial charge on any atom is 0.320 e. The van der Waals surface area contributed by atoms with E-state index in [1.807, 2.05) is 0 Å². The second-order valence-corrected chi connectivity index (χ2v) is 5.57. The van der Waals surface area contributed by atoms with Crippen molar-refractivity contribution in [2.45, 2.75) is 12.2 Å². The molecule has 0 saturated heterocycles. The number of benzene rings is 1. The average molecular weight is 411 g/mol. The summed E-state index contributed by atoms with van der Waals surface area (Å²) in [5.41, 5.74) is 0. The number of halogens is 2. The van der Waals surface area contributed by atoms with Crippen LogP contribution >= 0.6 is 23.2 Å². The van der Waals surface area contributed by atoms with E-state index in [2.05, 4.69) is 9.47 Å². The lowest BCUT2D eigenvalue weighted by molar-refractivity contribution is -0.144. The summed E-state index contributed by atoms with van der Waals surface area (Å²) < 4.78 is 20.0. The molecular formula is C16H20Cl2O8. The lowest BCUT2D eigenvalue weighted by Gasteiger charge is -2.14. The van der Waals surface area contributed by atoms with Gasteiger partial charge in [-0.05, 0) is 24.3 Å². The van der Waals surface area contributed by atoms with Crippen LogP contribution in [0.25, 0.3) is 0 Å². The molecule has 0 aliphatic carbocycles. The first kappa shape index (κ1) is 22.3. The number of alkyl halides is 2. The van der Waals surface area contributed by atoms with E-state index in [0.717, 1.165) is 0 Å². The van der Waals surface area contributed by atoms with Crippen LogP contribution in [-0.2, 0) is 19.1 Å². The smallest absolute Gasteiger partial charge is 0.320 e. The highest BCUT2D eigenvalue weighted by Gasteiger charge is 2.10. The third kappa shape index (κ3) is 9.67. The second kappa shape index (κ2) is 12.6. The zero-order valence-electron chi connectivity index (χ0n) is 13.8. The number of aliphatic hydroxyl groups excluding tert-OH is 2. The van der Waals surface area contributed by atoms with Gasteiger partial charge in [0, 0.05) is 0 Å². The summed E-state index contributed by atoms with van der Waals surface area (Å²) in [6.45, 7) is -0.557. The van der Waals surface area contributed by atoms with E-state index in [9.17, 15) is 19.8 Å². The molecule has 146 valence electrons. The fourth-order valence-corrected chi connectivity index (χ4v) is 1.72. The molecule has 1 aromatic rings. The Morgan fingerprint density at radius 3 is 1.42 bits per heavy atom. The lowest BCUT2D eigenvalue weighted by Crippen LogP contribution is -2.25. The minimum absolute atomic E-state index is 0.0690. The number of esters is 2. The molecule has 0 aliphatic rings. The Bertz CT molecular complexity index is 503. The number of carbonyl (C=O) groups excluding carboxylic acids is 2. The van der Waals surface area contributed by atoms with Gasteiger partial charge in [0.1, 0.15) is 61.9 Å². The number of ether oxygens (including phenoxy) is 4. The summed E-state index contributed by atoms with van der Waals surface area (Å²) in [7, 11) is 0. The number of carbonyl (C=O) groups is 2. The molecule has 0 aliphatic heterocycles. The van der Waals surface area contributed by atoms with Crippen LogP contribution in [-0.4, -0.2) is 72.5 Å². The van der Waals surface area contributed by atoms with Crippen molar-refractivity contribution in [3.63, 3.8) is 0 Å². The van der Waals surface area contributed by atoms with Crippen LogP contribution in [0.3, 0.4) is 0 Å².